The Bertz CT molecular complexity index is 1370. The van der Waals surface area contributed by atoms with E-state index in [9.17, 15) is 19.2 Å². The summed E-state index contributed by atoms with van der Waals surface area (Å²) in [5.41, 5.74) is 9.58. The van der Waals surface area contributed by atoms with Crippen LogP contribution in [0.25, 0.3) is 11.1 Å². The first-order valence-electron chi connectivity index (χ1n) is 13.9. The van der Waals surface area contributed by atoms with E-state index < -0.39 is 41.4 Å². The lowest BCUT2D eigenvalue weighted by molar-refractivity contribution is -0.156. The summed E-state index contributed by atoms with van der Waals surface area (Å²) >= 11 is 0. The first-order chi connectivity index (χ1) is 19.9. The van der Waals surface area contributed by atoms with E-state index in [1.165, 1.54) is 6.92 Å². The highest BCUT2D eigenvalue weighted by atomic mass is 16.6. The Hall–Kier alpha value is -4.50. The Morgan fingerprint density at radius 3 is 2.02 bits per heavy atom. The molecule has 0 bridgehead atoms. The number of rotatable bonds is 12. The molecule has 0 aliphatic rings. The molecule has 3 amide bonds. The number of esters is 1. The fourth-order valence-electron chi connectivity index (χ4n) is 4.36. The van der Waals surface area contributed by atoms with Gasteiger partial charge in [-0.05, 0) is 48.6 Å². The normalized spacial score (nSPS) is 12.5. The number of nitrogens with one attached hydrogen (secondary N) is 3. The van der Waals surface area contributed by atoms with Crippen LogP contribution >= 0.6 is 0 Å². The molecule has 3 aromatic carbocycles. The Morgan fingerprint density at radius 2 is 1.40 bits per heavy atom. The number of ether oxygens (including phenoxy) is 1. The van der Waals surface area contributed by atoms with Crippen LogP contribution in [-0.4, -0.2) is 41.4 Å². The van der Waals surface area contributed by atoms with Crippen LogP contribution in [0.1, 0.15) is 50.8 Å². The maximum atomic E-state index is 13.4. The van der Waals surface area contributed by atoms with E-state index in [-0.39, 0.29) is 19.4 Å². The molecular weight excluding hydrogens is 532 g/mol. The lowest BCUT2D eigenvalue weighted by Crippen LogP contribution is -2.54. The minimum atomic E-state index is -1.22. The van der Waals surface area contributed by atoms with Crippen molar-refractivity contribution in [1.82, 2.24) is 16.0 Å². The Balaban J connectivity index is 1.75. The molecule has 222 valence electrons. The minimum absolute atomic E-state index is 0.177. The van der Waals surface area contributed by atoms with E-state index in [1.807, 2.05) is 78.9 Å². The third kappa shape index (κ3) is 10.5. The number of benzene rings is 3. The quantitative estimate of drug-likeness (QED) is 0.245. The van der Waals surface area contributed by atoms with Crippen molar-refractivity contribution in [3.05, 3.63) is 95.6 Å². The smallest absolute Gasteiger partial charge is 0.308 e. The molecule has 0 fully saturated rings. The van der Waals surface area contributed by atoms with Gasteiger partial charge < -0.3 is 26.4 Å². The predicted octanol–water partition coefficient (Wildman–Crippen LogP) is 3.39. The number of hydrogen-bond donors (Lipinski definition) is 4. The highest BCUT2D eigenvalue weighted by Crippen LogP contribution is 2.20. The van der Waals surface area contributed by atoms with E-state index in [0.29, 0.717) is 6.54 Å². The molecule has 9 heteroatoms. The summed E-state index contributed by atoms with van der Waals surface area (Å²) in [5.74, 6) is -2.18. The summed E-state index contributed by atoms with van der Waals surface area (Å²) in [6.45, 7) is 7.02. The second-order valence-corrected chi connectivity index (χ2v) is 11.1. The number of amides is 3. The van der Waals surface area contributed by atoms with Crippen molar-refractivity contribution in [2.45, 2.75) is 71.3 Å². The molecule has 3 aromatic rings. The van der Waals surface area contributed by atoms with Gasteiger partial charge in [-0.25, -0.2) is 0 Å². The first-order valence-corrected chi connectivity index (χ1v) is 13.9. The van der Waals surface area contributed by atoms with Crippen LogP contribution in [0.2, 0.25) is 0 Å². The van der Waals surface area contributed by atoms with Crippen LogP contribution in [0.3, 0.4) is 0 Å². The molecule has 9 nitrogen and oxygen atoms in total. The largest absolute Gasteiger partial charge is 0.460 e. The van der Waals surface area contributed by atoms with E-state index >= 15 is 0 Å². The molecule has 0 aromatic heterocycles. The van der Waals surface area contributed by atoms with Crippen LogP contribution in [0.15, 0.2) is 78.9 Å². The molecule has 0 saturated heterocycles. The number of nitrogens with two attached hydrogens (primary N) is 1. The molecule has 5 N–H and O–H groups in total. The van der Waals surface area contributed by atoms with E-state index in [1.54, 1.807) is 20.8 Å². The van der Waals surface area contributed by atoms with Gasteiger partial charge in [0, 0.05) is 26.4 Å². The summed E-state index contributed by atoms with van der Waals surface area (Å²) in [4.78, 5) is 51.3. The lowest BCUT2D eigenvalue weighted by atomic mass is 10.00. The summed E-state index contributed by atoms with van der Waals surface area (Å²) in [6.07, 6.45) is -0.191. The molecule has 0 spiro atoms. The maximum absolute atomic E-state index is 13.4. The van der Waals surface area contributed by atoms with Crippen molar-refractivity contribution in [3.63, 3.8) is 0 Å². The maximum Gasteiger partial charge on any atom is 0.308 e. The highest BCUT2D eigenvalue weighted by Gasteiger charge is 2.30. The molecule has 0 radical (unpaired) electrons. The summed E-state index contributed by atoms with van der Waals surface area (Å²) in [7, 11) is 0. The van der Waals surface area contributed by atoms with Crippen LogP contribution in [0.5, 0.6) is 0 Å². The van der Waals surface area contributed by atoms with Crippen molar-refractivity contribution in [3.8, 4) is 11.1 Å². The number of carbonyl (C=O) groups excluding carboxylic acids is 4. The Morgan fingerprint density at radius 1 is 0.762 bits per heavy atom. The molecule has 42 heavy (non-hydrogen) atoms. The van der Waals surface area contributed by atoms with Gasteiger partial charge >= 0.3 is 5.97 Å². The monoisotopic (exact) mass is 572 g/mol. The first kappa shape index (κ1) is 32.0. The molecular formula is C33H40N4O5. The minimum Gasteiger partial charge on any atom is -0.460 e. The van der Waals surface area contributed by atoms with Gasteiger partial charge in [0.15, 0.2) is 0 Å². The molecule has 2 atom stereocenters. The average Bonchev–Trinajstić information content (AvgIpc) is 2.95. The van der Waals surface area contributed by atoms with E-state index in [0.717, 1.165) is 27.8 Å². The molecule has 0 aliphatic heterocycles. The van der Waals surface area contributed by atoms with Gasteiger partial charge in [-0.3, -0.25) is 19.2 Å². The zero-order valence-electron chi connectivity index (χ0n) is 24.6. The Labute approximate surface area is 247 Å². The van der Waals surface area contributed by atoms with Crippen molar-refractivity contribution in [2.24, 2.45) is 5.73 Å². The van der Waals surface area contributed by atoms with Gasteiger partial charge in [-0.15, -0.1) is 0 Å². The lowest BCUT2D eigenvalue weighted by Gasteiger charge is -2.25. The van der Waals surface area contributed by atoms with Crippen LogP contribution in [-0.2, 0) is 43.4 Å². The SMILES string of the molecule is CC(=O)N[C@@H](Cc1ccc(-c2ccccc2)cc1)C(=O)N[C@@H](CC(=O)OC(C)(C)C)C(=O)NCc1cccc(CN)c1. The Kier molecular flexibility index (Phi) is 11.4. The molecule has 0 saturated carbocycles. The van der Waals surface area contributed by atoms with Gasteiger partial charge in [0.25, 0.3) is 0 Å². The van der Waals surface area contributed by atoms with Gasteiger partial charge in [-0.1, -0.05) is 78.9 Å². The van der Waals surface area contributed by atoms with Gasteiger partial charge in [-0.2, -0.15) is 0 Å². The predicted molar refractivity (Wildman–Crippen MR) is 162 cm³/mol. The molecule has 0 heterocycles. The van der Waals surface area contributed by atoms with Gasteiger partial charge in [0.2, 0.25) is 17.7 Å². The van der Waals surface area contributed by atoms with Crippen molar-refractivity contribution in [1.29, 1.82) is 0 Å². The third-order valence-corrected chi connectivity index (χ3v) is 6.31. The summed E-state index contributed by atoms with van der Waals surface area (Å²) in [6, 6.07) is 22.8. The van der Waals surface area contributed by atoms with Gasteiger partial charge in [0.05, 0.1) is 6.42 Å². The number of hydrogen-bond acceptors (Lipinski definition) is 6. The van der Waals surface area contributed by atoms with Crippen LogP contribution in [0, 0.1) is 0 Å². The zero-order valence-corrected chi connectivity index (χ0v) is 24.6. The number of carbonyl (C=O) groups is 4. The zero-order chi connectivity index (χ0) is 30.7. The van der Waals surface area contributed by atoms with Crippen LogP contribution in [0.4, 0.5) is 0 Å². The van der Waals surface area contributed by atoms with E-state index in [2.05, 4.69) is 16.0 Å². The van der Waals surface area contributed by atoms with Crippen molar-refractivity contribution < 1.29 is 23.9 Å². The topological polar surface area (TPSA) is 140 Å². The fourth-order valence-corrected chi connectivity index (χ4v) is 4.36. The average molecular weight is 573 g/mol. The van der Waals surface area contributed by atoms with Crippen molar-refractivity contribution in [2.75, 3.05) is 0 Å². The second-order valence-electron chi connectivity index (χ2n) is 11.1. The fraction of sp³-hybridized carbons (Fsp3) is 0.333. The highest BCUT2D eigenvalue weighted by molar-refractivity contribution is 5.94. The van der Waals surface area contributed by atoms with Crippen LogP contribution < -0.4 is 21.7 Å². The molecule has 0 unspecified atom stereocenters. The molecule has 3 rings (SSSR count). The molecule has 0 aliphatic carbocycles. The summed E-state index contributed by atoms with van der Waals surface area (Å²) in [5, 5.41) is 8.12. The van der Waals surface area contributed by atoms with Gasteiger partial charge in [0.1, 0.15) is 17.7 Å². The summed E-state index contributed by atoms with van der Waals surface area (Å²) < 4.78 is 5.41. The van der Waals surface area contributed by atoms with Crippen molar-refractivity contribution >= 4 is 23.7 Å². The standard InChI is InChI=1S/C33H40N4O5/c1-22(38)36-28(18-23-13-15-27(16-14-23)26-11-6-5-7-12-26)32(41)37-29(19-30(39)42-33(2,3)4)31(40)35-21-25-10-8-9-24(17-25)20-34/h5-17,28-29H,18-21,34H2,1-4H3,(H,35,40)(H,36,38)(H,37,41)/t28-,29-/m0/s1. The van der Waals surface area contributed by atoms with E-state index in [4.69, 9.17) is 10.5 Å². The second kappa shape index (κ2) is 14.9. The third-order valence-electron chi connectivity index (χ3n) is 6.31.